The van der Waals surface area contributed by atoms with Gasteiger partial charge in [0.2, 0.25) is 0 Å². The van der Waals surface area contributed by atoms with Crippen LogP contribution in [0.25, 0.3) is 0 Å². The molecule has 0 bridgehead atoms. The largest absolute Gasteiger partial charge is 0.313 e. The second kappa shape index (κ2) is 3.32. The first-order valence-electron chi connectivity index (χ1n) is 4.69. The van der Waals surface area contributed by atoms with Crippen LogP contribution >= 0.6 is 11.6 Å². The number of halogens is 1. The molecule has 1 unspecified atom stereocenters. The predicted molar refractivity (Wildman–Crippen MR) is 56.3 cm³/mol. The fourth-order valence-corrected chi connectivity index (χ4v) is 2.34. The highest BCUT2D eigenvalue weighted by atomic mass is 35.5. The van der Waals surface area contributed by atoms with Crippen LogP contribution in [-0.4, -0.2) is 7.05 Å². The number of fused-ring (bicyclic) bond motifs is 1. The lowest BCUT2D eigenvalue weighted by Crippen LogP contribution is -2.12. The van der Waals surface area contributed by atoms with Gasteiger partial charge in [0, 0.05) is 11.1 Å². The van der Waals surface area contributed by atoms with E-state index in [-0.39, 0.29) is 0 Å². The molecule has 13 heavy (non-hydrogen) atoms. The molecule has 0 saturated heterocycles. The second-order valence-electron chi connectivity index (χ2n) is 3.64. The van der Waals surface area contributed by atoms with Crippen molar-refractivity contribution in [2.75, 3.05) is 7.05 Å². The maximum atomic E-state index is 6.23. The normalized spacial score (nSPS) is 20.4. The zero-order valence-corrected chi connectivity index (χ0v) is 8.78. The average Bonchev–Trinajstić information content (AvgIpc) is 2.55. The number of hydrogen-bond acceptors (Lipinski definition) is 1. The Morgan fingerprint density at radius 2 is 2.23 bits per heavy atom. The summed E-state index contributed by atoms with van der Waals surface area (Å²) in [5.74, 6) is 0. The average molecular weight is 196 g/mol. The first-order chi connectivity index (χ1) is 6.24. The van der Waals surface area contributed by atoms with Crippen LogP contribution < -0.4 is 5.32 Å². The van der Waals surface area contributed by atoms with Crippen LogP contribution in [0.4, 0.5) is 0 Å². The SMILES string of the molecule is CNC1CCc2c1ccc(C)c2Cl. The molecule has 0 heterocycles. The molecule has 1 aromatic carbocycles. The molecule has 2 rings (SSSR count). The highest BCUT2D eigenvalue weighted by molar-refractivity contribution is 6.32. The number of nitrogens with one attached hydrogen (secondary N) is 1. The van der Waals surface area contributed by atoms with E-state index in [1.165, 1.54) is 23.1 Å². The number of rotatable bonds is 1. The highest BCUT2D eigenvalue weighted by Crippen LogP contribution is 2.36. The molecule has 2 heteroatoms. The van der Waals surface area contributed by atoms with Gasteiger partial charge < -0.3 is 5.32 Å². The minimum Gasteiger partial charge on any atom is -0.313 e. The summed E-state index contributed by atoms with van der Waals surface area (Å²) >= 11 is 6.23. The molecule has 70 valence electrons. The van der Waals surface area contributed by atoms with Crippen molar-refractivity contribution in [1.82, 2.24) is 5.32 Å². The van der Waals surface area contributed by atoms with Gasteiger partial charge in [-0.15, -0.1) is 0 Å². The third-order valence-corrected chi connectivity index (χ3v) is 3.41. The van der Waals surface area contributed by atoms with Crippen LogP contribution in [0, 0.1) is 6.92 Å². The maximum Gasteiger partial charge on any atom is 0.0470 e. The molecule has 0 radical (unpaired) electrons. The summed E-state index contributed by atoms with van der Waals surface area (Å²) in [6.45, 7) is 2.06. The Balaban J connectivity index is 2.50. The topological polar surface area (TPSA) is 12.0 Å². The van der Waals surface area contributed by atoms with E-state index >= 15 is 0 Å². The van der Waals surface area contributed by atoms with Crippen molar-refractivity contribution in [2.24, 2.45) is 0 Å². The Labute approximate surface area is 84.1 Å². The summed E-state index contributed by atoms with van der Waals surface area (Å²) in [5, 5.41) is 4.28. The van der Waals surface area contributed by atoms with E-state index in [1.54, 1.807) is 0 Å². The van der Waals surface area contributed by atoms with Gasteiger partial charge in [0.15, 0.2) is 0 Å². The van der Waals surface area contributed by atoms with E-state index in [4.69, 9.17) is 11.6 Å². The number of benzene rings is 1. The van der Waals surface area contributed by atoms with E-state index in [9.17, 15) is 0 Å². The van der Waals surface area contributed by atoms with Gasteiger partial charge in [-0.3, -0.25) is 0 Å². The number of aryl methyl sites for hydroxylation is 1. The molecule has 1 nitrogen and oxygen atoms in total. The summed E-state index contributed by atoms with van der Waals surface area (Å²) in [4.78, 5) is 0. The molecule has 1 N–H and O–H groups in total. The van der Waals surface area contributed by atoms with Gasteiger partial charge in [-0.05, 0) is 43.5 Å². The molecule has 0 aromatic heterocycles. The van der Waals surface area contributed by atoms with E-state index in [1.807, 2.05) is 7.05 Å². The van der Waals surface area contributed by atoms with Gasteiger partial charge in [-0.1, -0.05) is 23.7 Å². The molecule has 0 aliphatic heterocycles. The predicted octanol–water partition coefficient (Wildman–Crippen LogP) is 2.86. The van der Waals surface area contributed by atoms with Crippen molar-refractivity contribution < 1.29 is 0 Å². The van der Waals surface area contributed by atoms with Gasteiger partial charge in [0.1, 0.15) is 0 Å². The molecule has 0 spiro atoms. The lowest BCUT2D eigenvalue weighted by atomic mass is 10.1. The maximum absolute atomic E-state index is 6.23. The Hall–Kier alpha value is -0.530. The van der Waals surface area contributed by atoms with Crippen LogP contribution in [0.3, 0.4) is 0 Å². The van der Waals surface area contributed by atoms with E-state index in [0.717, 1.165) is 11.4 Å². The van der Waals surface area contributed by atoms with Crippen molar-refractivity contribution >= 4 is 11.6 Å². The van der Waals surface area contributed by atoms with Gasteiger partial charge in [0.25, 0.3) is 0 Å². The highest BCUT2D eigenvalue weighted by Gasteiger charge is 2.23. The van der Waals surface area contributed by atoms with Gasteiger partial charge in [-0.2, -0.15) is 0 Å². The summed E-state index contributed by atoms with van der Waals surface area (Å²) in [6.07, 6.45) is 2.29. The lowest BCUT2D eigenvalue weighted by Gasteiger charge is -2.10. The smallest absolute Gasteiger partial charge is 0.0470 e. The number of hydrogen-bond donors (Lipinski definition) is 1. The zero-order valence-electron chi connectivity index (χ0n) is 8.02. The summed E-state index contributed by atoms with van der Waals surface area (Å²) in [5.41, 5.74) is 3.93. The molecule has 1 aliphatic carbocycles. The Kier molecular flexibility index (Phi) is 2.31. The van der Waals surface area contributed by atoms with Gasteiger partial charge in [0.05, 0.1) is 0 Å². The van der Waals surface area contributed by atoms with Crippen LogP contribution in [0.5, 0.6) is 0 Å². The summed E-state index contributed by atoms with van der Waals surface area (Å²) in [7, 11) is 2.01. The van der Waals surface area contributed by atoms with Crippen molar-refractivity contribution in [3.8, 4) is 0 Å². The molecular weight excluding hydrogens is 182 g/mol. The standard InChI is InChI=1S/C11H14ClN/c1-7-3-4-8-9(11(7)12)5-6-10(8)13-2/h3-4,10,13H,5-6H2,1-2H3. The van der Waals surface area contributed by atoms with Gasteiger partial charge >= 0.3 is 0 Å². The van der Waals surface area contributed by atoms with Crippen LogP contribution in [0.1, 0.15) is 29.2 Å². The van der Waals surface area contributed by atoms with Crippen LogP contribution in [-0.2, 0) is 6.42 Å². The molecule has 1 aliphatic rings. The first kappa shape index (κ1) is 9.04. The van der Waals surface area contributed by atoms with Crippen molar-refractivity contribution in [1.29, 1.82) is 0 Å². The van der Waals surface area contributed by atoms with Crippen molar-refractivity contribution in [3.05, 3.63) is 33.8 Å². The summed E-state index contributed by atoms with van der Waals surface area (Å²) < 4.78 is 0. The quantitative estimate of drug-likeness (QED) is 0.727. The minimum atomic E-state index is 0.507. The van der Waals surface area contributed by atoms with E-state index in [0.29, 0.717) is 6.04 Å². The van der Waals surface area contributed by atoms with E-state index in [2.05, 4.69) is 24.4 Å². The Morgan fingerprint density at radius 1 is 1.46 bits per heavy atom. The van der Waals surface area contributed by atoms with E-state index < -0.39 is 0 Å². The van der Waals surface area contributed by atoms with Crippen molar-refractivity contribution in [3.63, 3.8) is 0 Å². The fourth-order valence-electron chi connectivity index (χ4n) is 2.08. The Morgan fingerprint density at radius 3 is 2.92 bits per heavy atom. The monoisotopic (exact) mass is 195 g/mol. The van der Waals surface area contributed by atoms with Crippen molar-refractivity contribution in [2.45, 2.75) is 25.8 Å². The van der Waals surface area contributed by atoms with Crippen LogP contribution in [0.15, 0.2) is 12.1 Å². The summed E-state index contributed by atoms with van der Waals surface area (Å²) in [6, 6.07) is 4.81. The molecular formula is C11H14ClN. The molecule has 0 amide bonds. The fraction of sp³-hybridized carbons (Fsp3) is 0.455. The van der Waals surface area contributed by atoms with Gasteiger partial charge in [-0.25, -0.2) is 0 Å². The molecule has 0 fully saturated rings. The minimum absolute atomic E-state index is 0.507. The molecule has 1 aromatic rings. The lowest BCUT2D eigenvalue weighted by molar-refractivity contribution is 0.590. The van der Waals surface area contributed by atoms with Crippen LogP contribution in [0.2, 0.25) is 5.02 Å². The molecule has 0 saturated carbocycles. The third kappa shape index (κ3) is 1.36. The zero-order chi connectivity index (χ0) is 9.42. The Bertz CT molecular complexity index is 333. The molecule has 1 atom stereocenters. The second-order valence-corrected chi connectivity index (χ2v) is 4.02. The third-order valence-electron chi connectivity index (χ3n) is 2.88. The first-order valence-corrected chi connectivity index (χ1v) is 5.07.